The van der Waals surface area contributed by atoms with E-state index >= 15 is 0 Å². The number of nitrogens with one attached hydrogen (secondary N) is 2. The summed E-state index contributed by atoms with van der Waals surface area (Å²) < 4.78 is 33.4. The van der Waals surface area contributed by atoms with Crippen LogP contribution in [0.4, 0.5) is 0 Å². The highest BCUT2D eigenvalue weighted by Crippen LogP contribution is 2.16. The summed E-state index contributed by atoms with van der Waals surface area (Å²) in [7, 11) is -3.71. The molecule has 1 aliphatic rings. The fourth-order valence-corrected chi connectivity index (χ4v) is 4.86. The molecule has 2 aromatic rings. The molecule has 1 heterocycles. The van der Waals surface area contributed by atoms with Crippen molar-refractivity contribution >= 4 is 15.9 Å². The van der Waals surface area contributed by atoms with Gasteiger partial charge in [-0.2, -0.15) is 0 Å². The van der Waals surface area contributed by atoms with Gasteiger partial charge in [0.05, 0.1) is 11.0 Å². The Kier molecular flexibility index (Phi) is 8.81. The Morgan fingerprint density at radius 1 is 1.09 bits per heavy atom. The number of carbonyl (C=O) groups excluding carboxylic acids is 1. The van der Waals surface area contributed by atoms with Crippen LogP contribution in [0.25, 0.3) is 0 Å². The summed E-state index contributed by atoms with van der Waals surface area (Å²) in [6.07, 6.45) is 1.70. The van der Waals surface area contributed by atoms with Crippen molar-refractivity contribution in [1.82, 2.24) is 14.9 Å². The molecule has 0 bridgehead atoms. The third kappa shape index (κ3) is 6.62. The maximum Gasteiger partial charge on any atom is 0.251 e. The van der Waals surface area contributed by atoms with Crippen molar-refractivity contribution in [3.8, 4) is 0 Å². The first-order valence-electron chi connectivity index (χ1n) is 11.2. The summed E-state index contributed by atoms with van der Waals surface area (Å²) in [6.45, 7) is 8.28. The lowest BCUT2D eigenvalue weighted by molar-refractivity contribution is 0.0950. The van der Waals surface area contributed by atoms with Crippen molar-refractivity contribution in [3.05, 3.63) is 65.2 Å². The van der Waals surface area contributed by atoms with Crippen LogP contribution in [0.2, 0.25) is 0 Å². The molecule has 1 fully saturated rings. The molecule has 0 radical (unpaired) electrons. The molecule has 2 aromatic carbocycles. The number of sulfonamides is 1. The fourth-order valence-electron chi connectivity index (χ4n) is 3.75. The molecule has 0 aromatic heterocycles. The first-order chi connectivity index (χ1) is 15.4. The lowest BCUT2D eigenvalue weighted by Gasteiger charge is -2.20. The summed E-state index contributed by atoms with van der Waals surface area (Å²) in [5.41, 5.74) is 2.53. The maximum absolute atomic E-state index is 12.8. The van der Waals surface area contributed by atoms with Crippen LogP contribution < -0.4 is 10.0 Å². The standard InChI is InChI=1S/C24H33N3O4S/c1-3-27(4-2)18-21-10-6-5-9-20(21)16-25-24(28)19-11-7-13-23(15-19)32(29,30)26-17-22-12-8-14-31-22/h5-7,9-11,13,15,22,26H,3-4,8,12,14,16-18H2,1-2H3,(H,25,28). The number of amides is 1. The maximum atomic E-state index is 12.8. The Morgan fingerprint density at radius 2 is 1.84 bits per heavy atom. The quantitative estimate of drug-likeness (QED) is 0.540. The summed E-state index contributed by atoms with van der Waals surface area (Å²) in [5, 5.41) is 2.93. The molecule has 32 heavy (non-hydrogen) atoms. The van der Waals surface area contributed by atoms with E-state index in [-0.39, 0.29) is 23.5 Å². The predicted octanol–water partition coefficient (Wildman–Crippen LogP) is 2.92. The molecule has 0 spiro atoms. The van der Waals surface area contributed by atoms with E-state index in [1.807, 2.05) is 18.2 Å². The van der Waals surface area contributed by atoms with E-state index in [1.54, 1.807) is 12.1 Å². The minimum atomic E-state index is -3.71. The number of hydrogen-bond donors (Lipinski definition) is 2. The molecular formula is C24H33N3O4S. The third-order valence-electron chi connectivity index (χ3n) is 5.78. The highest BCUT2D eigenvalue weighted by molar-refractivity contribution is 7.89. The Balaban J connectivity index is 1.64. The second-order valence-corrected chi connectivity index (χ2v) is 9.69. The highest BCUT2D eigenvalue weighted by atomic mass is 32.2. The van der Waals surface area contributed by atoms with Gasteiger partial charge < -0.3 is 10.1 Å². The molecule has 1 unspecified atom stereocenters. The second-order valence-electron chi connectivity index (χ2n) is 7.93. The van der Waals surface area contributed by atoms with Gasteiger partial charge in [0, 0.05) is 31.8 Å². The van der Waals surface area contributed by atoms with Crippen LogP contribution in [0.1, 0.15) is 48.2 Å². The third-order valence-corrected chi connectivity index (χ3v) is 7.20. The monoisotopic (exact) mass is 459 g/mol. The first-order valence-corrected chi connectivity index (χ1v) is 12.7. The van der Waals surface area contributed by atoms with Gasteiger partial charge in [-0.05, 0) is 55.3 Å². The topological polar surface area (TPSA) is 87.7 Å². The van der Waals surface area contributed by atoms with Crippen LogP contribution >= 0.6 is 0 Å². The minimum Gasteiger partial charge on any atom is -0.377 e. The summed E-state index contributed by atoms with van der Waals surface area (Å²) >= 11 is 0. The largest absolute Gasteiger partial charge is 0.377 e. The van der Waals surface area contributed by atoms with Crippen LogP contribution in [0, 0.1) is 0 Å². The summed E-state index contributed by atoms with van der Waals surface area (Å²) in [5.74, 6) is -0.307. The van der Waals surface area contributed by atoms with E-state index in [4.69, 9.17) is 4.74 Å². The van der Waals surface area contributed by atoms with Gasteiger partial charge in [-0.25, -0.2) is 13.1 Å². The molecule has 1 atom stereocenters. The lowest BCUT2D eigenvalue weighted by atomic mass is 10.1. The molecule has 174 valence electrons. The van der Waals surface area contributed by atoms with Crippen LogP contribution in [0.3, 0.4) is 0 Å². The zero-order valence-electron chi connectivity index (χ0n) is 18.8. The summed E-state index contributed by atoms with van der Waals surface area (Å²) in [4.78, 5) is 15.1. The van der Waals surface area contributed by atoms with E-state index in [2.05, 4.69) is 34.9 Å². The van der Waals surface area contributed by atoms with E-state index in [9.17, 15) is 13.2 Å². The van der Waals surface area contributed by atoms with Crippen molar-refractivity contribution < 1.29 is 17.9 Å². The Bertz CT molecular complexity index is 1000. The molecule has 1 amide bonds. The normalized spacial score (nSPS) is 16.4. The number of nitrogens with zero attached hydrogens (tertiary/aromatic N) is 1. The number of carbonyl (C=O) groups is 1. The minimum absolute atomic E-state index is 0.0741. The average molecular weight is 460 g/mol. The molecule has 2 N–H and O–H groups in total. The van der Waals surface area contributed by atoms with Gasteiger partial charge in [-0.1, -0.05) is 44.2 Å². The first kappa shape index (κ1) is 24.4. The van der Waals surface area contributed by atoms with E-state index in [0.717, 1.165) is 38.0 Å². The molecule has 8 heteroatoms. The number of benzene rings is 2. The highest BCUT2D eigenvalue weighted by Gasteiger charge is 2.21. The molecule has 3 rings (SSSR count). The zero-order chi connectivity index (χ0) is 23.0. The Hall–Kier alpha value is -2.26. The van der Waals surface area contributed by atoms with Gasteiger partial charge in [-0.3, -0.25) is 9.69 Å². The Morgan fingerprint density at radius 3 is 2.53 bits per heavy atom. The van der Waals surface area contributed by atoms with Crippen LogP contribution in [0.15, 0.2) is 53.4 Å². The second kappa shape index (κ2) is 11.6. The zero-order valence-corrected chi connectivity index (χ0v) is 19.7. The molecule has 1 saturated heterocycles. The van der Waals surface area contributed by atoms with E-state index in [1.165, 1.54) is 17.7 Å². The van der Waals surface area contributed by atoms with Crippen molar-refractivity contribution in [2.24, 2.45) is 0 Å². The fraction of sp³-hybridized carbons (Fsp3) is 0.458. The number of rotatable bonds is 11. The van der Waals surface area contributed by atoms with Crippen molar-refractivity contribution in [1.29, 1.82) is 0 Å². The molecular weight excluding hydrogens is 426 g/mol. The molecule has 7 nitrogen and oxygen atoms in total. The van der Waals surface area contributed by atoms with Crippen molar-refractivity contribution in [2.75, 3.05) is 26.2 Å². The van der Waals surface area contributed by atoms with Crippen LogP contribution in [0.5, 0.6) is 0 Å². The lowest BCUT2D eigenvalue weighted by Crippen LogP contribution is -2.32. The molecule has 1 aliphatic heterocycles. The smallest absolute Gasteiger partial charge is 0.251 e. The van der Waals surface area contributed by atoms with Gasteiger partial charge in [-0.15, -0.1) is 0 Å². The predicted molar refractivity (Wildman–Crippen MR) is 125 cm³/mol. The van der Waals surface area contributed by atoms with Crippen molar-refractivity contribution in [2.45, 2.75) is 50.8 Å². The van der Waals surface area contributed by atoms with E-state index in [0.29, 0.717) is 18.7 Å². The van der Waals surface area contributed by atoms with Gasteiger partial charge in [0.15, 0.2) is 0 Å². The SMILES string of the molecule is CCN(CC)Cc1ccccc1CNC(=O)c1cccc(S(=O)(=O)NCC2CCCO2)c1. The average Bonchev–Trinajstić information content (AvgIpc) is 3.34. The van der Waals surface area contributed by atoms with Gasteiger partial charge in [0.25, 0.3) is 5.91 Å². The van der Waals surface area contributed by atoms with E-state index < -0.39 is 10.0 Å². The number of hydrogen-bond acceptors (Lipinski definition) is 5. The van der Waals surface area contributed by atoms with Crippen LogP contribution in [-0.2, 0) is 27.8 Å². The van der Waals surface area contributed by atoms with Gasteiger partial charge >= 0.3 is 0 Å². The van der Waals surface area contributed by atoms with Crippen molar-refractivity contribution in [3.63, 3.8) is 0 Å². The molecule has 0 saturated carbocycles. The molecule has 0 aliphatic carbocycles. The number of ether oxygens (including phenoxy) is 1. The summed E-state index contributed by atoms with van der Waals surface area (Å²) in [6, 6.07) is 14.2. The van der Waals surface area contributed by atoms with Gasteiger partial charge in [0.2, 0.25) is 10.0 Å². The Labute approximate surface area is 191 Å². The van der Waals surface area contributed by atoms with Crippen LogP contribution in [-0.4, -0.2) is 51.6 Å². The van der Waals surface area contributed by atoms with Gasteiger partial charge in [0.1, 0.15) is 0 Å².